The van der Waals surface area contributed by atoms with Crippen molar-refractivity contribution in [2.45, 2.75) is 46.0 Å². The predicted octanol–water partition coefficient (Wildman–Crippen LogP) is 3.74. The minimum Gasteiger partial charge on any atom is -0.481 e. The molecule has 0 unspecified atom stereocenters. The summed E-state index contributed by atoms with van der Waals surface area (Å²) in [7, 11) is 0. The SMILES string of the molecule is CC(C)C1CCC(Cc2ccco2)(C(=O)O)CC1. The average molecular weight is 250 g/mol. The van der Waals surface area contributed by atoms with Crippen LogP contribution in [0.15, 0.2) is 22.8 Å². The van der Waals surface area contributed by atoms with Crippen molar-refractivity contribution in [3.63, 3.8) is 0 Å². The smallest absolute Gasteiger partial charge is 0.310 e. The minimum atomic E-state index is -0.666. The third-order valence-corrected chi connectivity index (χ3v) is 4.48. The van der Waals surface area contributed by atoms with E-state index < -0.39 is 11.4 Å². The zero-order chi connectivity index (χ0) is 13.2. The number of furan rings is 1. The van der Waals surface area contributed by atoms with Gasteiger partial charge in [-0.1, -0.05) is 13.8 Å². The van der Waals surface area contributed by atoms with Crippen LogP contribution < -0.4 is 0 Å². The summed E-state index contributed by atoms with van der Waals surface area (Å²) >= 11 is 0. The lowest BCUT2D eigenvalue weighted by molar-refractivity contribution is -0.152. The number of carboxylic acids is 1. The summed E-state index contributed by atoms with van der Waals surface area (Å²) in [6.07, 6.45) is 5.72. The molecule has 1 aromatic heterocycles. The van der Waals surface area contributed by atoms with Gasteiger partial charge in [-0.05, 0) is 49.7 Å². The van der Waals surface area contributed by atoms with E-state index in [0.717, 1.165) is 31.4 Å². The van der Waals surface area contributed by atoms with Crippen molar-refractivity contribution in [3.05, 3.63) is 24.2 Å². The van der Waals surface area contributed by atoms with Crippen molar-refractivity contribution in [2.75, 3.05) is 0 Å². The van der Waals surface area contributed by atoms with Crippen LogP contribution in [0.3, 0.4) is 0 Å². The first kappa shape index (κ1) is 13.2. The Morgan fingerprint density at radius 3 is 2.61 bits per heavy atom. The Morgan fingerprint density at radius 2 is 2.17 bits per heavy atom. The summed E-state index contributed by atoms with van der Waals surface area (Å²) in [6.45, 7) is 4.45. The average Bonchev–Trinajstić information content (AvgIpc) is 2.82. The fourth-order valence-electron chi connectivity index (χ4n) is 3.07. The maximum atomic E-state index is 11.6. The molecule has 0 atom stereocenters. The number of carbonyl (C=O) groups is 1. The second-order valence-electron chi connectivity index (χ2n) is 5.92. The number of hydrogen-bond donors (Lipinski definition) is 1. The fraction of sp³-hybridized carbons (Fsp3) is 0.667. The van der Waals surface area contributed by atoms with Crippen molar-refractivity contribution >= 4 is 5.97 Å². The van der Waals surface area contributed by atoms with E-state index in [0.29, 0.717) is 18.3 Å². The van der Waals surface area contributed by atoms with E-state index in [2.05, 4.69) is 13.8 Å². The van der Waals surface area contributed by atoms with Gasteiger partial charge < -0.3 is 9.52 Å². The Labute approximate surface area is 108 Å². The second-order valence-corrected chi connectivity index (χ2v) is 5.92. The lowest BCUT2D eigenvalue weighted by atomic mass is 9.66. The first-order valence-corrected chi connectivity index (χ1v) is 6.79. The van der Waals surface area contributed by atoms with Crippen LogP contribution in [0.2, 0.25) is 0 Å². The van der Waals surface area contributed by atoms with Crippen LogP contribution in [0.4, 0.5) is 0 Å². The predicted molar refractivity (Wildman–Crippen MR) is 69.3 cm³/mol. The summed E-state index contributed by atoms with van der Waals surface area (Å²) in [5.41, 5.74) is -0.608. The molecule has 100 valence electrons. The molecule has 0 aromatic carbocycles. The van der Waals surface area contributed by atoms with Crippen LogP contribution in [0, 0.1) is 17.3 Å². The lowest BCUT2D eigenvalue weighted by Crippen LogP contribution is -2.38. The molecule has 1 N–H and O–H groups in total. The Hall–Kier alpha value is -1.25. The zero-order valence-corrected chi connectivity index (χ0v) is 11.2. The van der Waals surface area contributed by atoms with E-state index in [9.17, 15) is 9.90 Å². The van der Waals surface area contributed by atoms with Gasteiger partial charge in [0, 0.05) is 6.42 Å². The molecule has 18 heavy (non-hydrogen) atoms. The van der Waals surface area contributed by atoms with Crippen LogP contribution in [0.25, 0.3) is 0 Å². The van der Waals surface area contributed by atoms with E-state index in [1.165, 1.54) is 0 Å². The molecule has 1 fully saturated rings. The molecule has 0 amide bonds. The summed E-state index contributed by atoms with van der Waals surface area (Å²) in [5.74, 6) is 1.45. The van der Waals surface area contributed by atoms with Crippen LogP contribution >= 0.6 is 0 Å². The van der Waals surface area contributed by atoms with Gasteiger partial charge in [0.25, 0.3) is 0 Å². The molecule has 0 radical (unpaired) electrons. The molecular weight excluding hydrogens is 228 g/mol. The Bertz CT molecular complexity index is 384. The highest BCUT2D eigenvalue weighted by molar-refractivity contribution is 5.75. The molecular formula is C15H22O3. The normalized spacial score (nSPS) is 28.5. The van der Waals surface area contributed by atoms with Gasteiger partial charge in [0.2, 0.25) is 0 Å². The van der Waals surface area contributed by atoms with E-state index >= 15 is 0 Å². The summed E-state index contributed by atoms with van der Waals surface area (Å²) < 4.78 is 5.32. The molecule has 1 heterocycles. The Kier molecular flexibility index (Phi) is 3.79. The zero-order valence-electron chi connectivity index (χ0n) is 11.2. The van der Waals surface area contributed by atoms with Crippen molar-refractivity contribution in [1.82, 2.24) is 0 Å². The first-order chi connectivity index (χ1) is 8.53. The molecule has 3 nitrogen and oxygen atoms in total. The number of rotatable bonds is 4. The highest BCUT2D eigenvalue weighted by Gasteiger charge is 2.43. The standard InChI is InChI=1S/C15H22O3/c1-11(2)12-5-7-15(8-6-12,14(16)17)10-13-4-3-9-18-13/h3-4,9,11-12H,5-8,10H2,1-2H3,(H,16,17). The van der Waals surface area contributed by atoms with Crippen LogP contribution in [-0.4, -0.2) is 11.1 Å². The molecule has 1 aliphatic carbocycles. The quantitative estimate of drug-likeness (QED) is 0.885. The van der Waals surface area contributed by atoms with Gasteiger partial charge in [0.05, 0.1) is 11.7 Å². The number of carboxylic acid groups (broad SMARTS) is 1. The van der Waals surface area contributed by atoms with Crippen molar-refractivity contribution in [2.24, 2.45) is 17.3 Å². The maximum Gasteiger partial charge on any atom is 0.310 e. The van der Waals surface area contributed by atoms with Crippen molar-refractivity contribution < 1.29 is 14.3 Å². The molecule has 1 aliphatic rings. The lowest BCUT2D eigenvalue weighted by Gasteiger charge is -2.37. The topological polar surface area (TPSA) is 50.4 Å². The Balaban J connectivity index is 2.08. The number of hydrogen-bond acceptors (Lipinski definition) is 2. The third kappa shape index (κ3) is 2.60. The van der Waals surface area contributed by atoms with Crippen molar-refractivity contribution in [1.29, 1.82) is 0 Å². The van der Waals surface area contributed by atoms with Gasteiger partial charge in [-0.25, -0.2) is 0 Å². The monoisotopic (exact) mass is 250 g/mol. The van der Waals surface area contributed by atoms with E-state index in [1.54, 1.807) is 6.26 Å². The van der Waals surface area contributed by atoms with Gasteiger partial charge >= 0.3 is 5.97 Å². The van der Waals surface area contributed by atoms with Crippen molar-refractivity contribution in [3.8, 4) is 0 Å². The van der Waals surface area contributed by atoms with E-state index in [-0.39, 0.29) is 0 Å². The van der Waals surface area contributed by atoms with Crippen LogP contribution in [0.1, 0.15) is 45.3 Å². The molecule has 3 heteroatoms. The summed E-state index contributed by atoms with van der Waals surface area (Å²) in [5, 5.41) is 9.57. The molecule has 1 aromatic rings. The summed E-state index contributed by atoms with van der Waals surface area (Å²) in [6, 6.07) is 3.70. The molecule has 0 aliphatic heterocycles. The van der Waals surface area contributed by atoms with Gasteiger partial charge in [0.15, 0.2) is 0 Å². The molecule has 2 rings (SSSR count). The molecule has 0 spiro atoms. The van der Waals surface area contributed by atoms with Gasteiger partial charge in [-0.15, -0.1) is 0 Å². The Morgan fingerprint density at radius 1 is 1.50 bits per heavy atom. The fourth-order valence-corrected chi connectivity index (χ4v) is 3.07. The number of aliphatic carboxylic acids is 1. The maximum absolute atomic E-state index is 11.6. The van der Waals surface area contributed by atoms with Gasteiger partial charge in [-0.3, -0.25) is 4.79 Å². The second kappa shape index (κ2) is 5.17. The van der Waals surface area contributed by atoms with Crippen LogP contribution in [0.5, 0.6) is 0 Å². The highest BCUT2D eigenvalue weighted by Crippen LogP contribution is 2.43. The molecule has 1 saturated carbocycles. The summed E-state index contributed by atoms with van der Waals surface area (Å²) in [4.78, 5) is 11.6. The van der Waals surface area contributed by atoms with Gasteiger partial charge in [0.1, 0.15) is 5.76 Å². The molecule has 0 saturated heterocycles. The first-order valence-electron chi connectivity index (χ1n) is 6.79. The largest absolute Gasteiger partial charge is 0.481 e. The van der Waals surface area contributed by atoms with E-state index in [1.807, 2.05) is 12.1 Å². The van der Waals surface area contributed by atoms with Crippen LogP contribution in [-0.2, 0) is 11.2 Å². The molecule has 0 bridgehead atoms. The third-order valence-electron chi connectivity index (χ3n) is 4.48. The van der Waals surface area contributed by atoms with Gasteiger partial charge in [-0.2, -0.15) is 0 Å². The minimum absolute atomic E-state index is 0.528. The van der Waals surface area contributed by atoms with E-state index in [4.69, 9.17) is 4.42 Å². The highest BCUT2D eigenvalue weighted by atomic mass is 16.4.